The Morgan fingerprint density at radius 3 is 2.54 bits per heavy atom. The van der Waals surface area contributed by atoms with Crippen molar-refractivity contribution in [1.29, 1.82) is 0 Å². The molecule has 1 aromatic heterocycles. The van der Waals surface area contributed by atoms with Crippen molar-refractivity contribution in [3.8, 4) is 5.75 Å². The highest BCUT2D eigenvalue weighted by Gasteiger charge is 2.23. The first-order valence-corrected chi connectivity index (χ1v) is 7.72. The molecule has 3 aromatic rings. The van der Waals surface area contributed by atoms with E-state index in [1.807, 2.05) is 54.6 Å². The van der Waals surface area contributed by atoms with Gasteiger partial charge in [-0.1, -0.05) is 42.5 Å². The summed E-state index contributed by atoms with van der Waals surface area (Å²) in [6, 6.07) is 16.3. The van der Waals surface area contributed by atoms with Crippen molar-refractivity contribution in [3.63, 3.8) is 0 Å². The molecule has 2 N–H and O–H groups in total. The van der Waals surface area contributed by atoms with Crippen molar-refractivity contribution >= 4 is 22.8 Å². The first-order chi connectivity index (χ1) is 11.6. The van der Waals surface area contributed by atoms with Crippen LogP contribution in [-0.2, 0) is 16.0 Å². The Morgan fingerprint density at radius 1 is 1.08 bits per heavy atom. The van der Waals surface area contributed by atoms with Crippen LogP contribution in [-0.4, -0.2) is 22.9 Å². The smallest absolute Gasteiger partial charge is 0.334 e. The molecule has 0 unspecified atom stereocenters. The maximum absolute atomic E-state index is 12.5. The Kier molecular flexibility index (Phi) is 4.61. The SMILES string of the molecule is CC(=O)N[C@@H](Cc1ccccc1)C(=O)Oc1c[nH]c2ccccc12. The maximum Gasteiger partial charge on any atom is 0.334 e. The number of ether oxygens (including phenoxy) is 1. The quantitative estimate of drug-likeness (QED) is 0.710. The van der Waals surface area contributed by atoms with Crippen molar-refractivity contribution in [2.75, 3.05) is 0 Å². The largest absolute Gasteiger partial charge is 0.423 e. The fourth-order valence-corrected chi connectivity index (χ4v) is 2.60. The molecule has 0 saturated carbocycles. The average Bonchev–Trinajstić information content (AvgIpc) is 2.98. The highest BCUT2D eigenvalue weighted by molar-refractivity contribution is 5.91. The third-order valence-corrected chi connectivity index (χ3v) is 3.71. The second kappa shape index (κ2) is 7.00. The number of amides is 1. The molecule has 0 aliphatic rings. The van der Waals surface area contributed by atoms with E-state index < -0.39 is 12.0 Å². The van der Waals surface area contributed by atoms with Crippen LogP contribution >= 0.6 is 0 Å². The van der Waals surface area contributed by atoms with Gasteiger partial charge in [-0.15, -0.1) is 0 Å². The van der Waals surface area contributed by atoms with E-state index >= 15 is 0 Å². The van der Waals surface area contributed by atoms with Gasteiger partial charge in [0, 0.05) is 30.4 Å². The Balaban J connectivity index is 1.79. The second-order valence-electron chi connectivity index (χ2n) is 5.56. The minimum atomic E-state index is -0.737. The van der Waals surface area contributed by atoms with Crippen LogP contribution < -0.4 is 10.1 Å². The van der Waals surface area contributed by atoms with Crippen LogP contribution in [0.1, 0.15) is 12.5 Å². The Labute approximate surface area is 139 Å². The molecule has 0 spiro atoms. The van der Waals surface area contributed by atoms with E-state index in [2.05, 4.69) is 10.3 Å². The number of para-hydroxylation sites is 1. The summed E-state index contributed by atoms with van der Waals surface area (Å²) in [7, 11) is 0. The third-order valence-electron chi connectivity index (χ3n) is 3.71. The summed E-state index contributed by atoms with van der Waals surface area (Å²) in [5.74, 6) is -0.301. The lowest BCUT2D eigenvalue weighted by Gasteiger charge is -2.16. The van der Waals surface area contributed by atoms with Crippen molar-refractivity contribution in [2.45, 2.75) is 19.4 Å². The van der Waals surface area contributed by atoms with Crippen LogP contribution in [0.15, 0.2) is 60.8 Å². The molecule has 122 valence electrons. The van der Waals surface area contributed by atoms with Gasteiger partial charge in [0.2, 0.25) is 5.91 Å². The molecule has 1 atom stereocenters. The standard InChI is InChI=1S/C19H18N2O3/c1-13(22)21-17(11-14-7-3-2-4-8-14)19(23)24-18-12-20-16-10-6-5-9-15(16)18/h2-10,12,17,20H,11H2,1H3,(H,21,22)/t17-/m0/s1. The van der Waals surface area contributed by atoms with E-state index in [4.69, 9.17) is 4.74 Å². The molecule has 5 heteroatoms. The molecule has 5 nitrogen and oxygen atoms in total. The van der Waals surface area contributed by atoms with Crippen molar-refractivity contribution in [2.24, 2.45) is 0 Å². The van der Waals surface area contributed by atoms with Gasteiger partial charge in [-0.05, 0) is 17.7 Å². The normalized spacial score (nSPS) is 11.9. The molecule has 1 amide bonds. The molecule has 0 fully saturated rings. The van der Waals surface area contributed by atoms with Crippen molar-refractivity contribution < 1.29 is 14.3 Å². The van der Waals surface area contributed by atoms with Crippen molar-refractivity contribution in [1.82, 2.24) is 10.3 Å². The number of carbonyl (C=O) groups excluding carboxylic acids is 2. The lowest BCUT2D eigenvalue weighted by atomic mass is 10.1. The summed E-state index contributed by atoms with van der Waals surface area (Å²) >= 11 is 0. The predicted octanol–water partition coefficient (Wildman–Crippen LogP) is 2.82. The van der Waals surface area contributed by atoms with Crippen LogP contribution in [0.25, 0.3) is 10.9 Å². The van der Waals surface area contributed by atoms with Gasteiger partial charge in [0.15, 0.2) is 5.75 Å². The fourth-order valence-electron chi connectivity index (χ4n) is 2.60. The Bertz CT molecular complexity index is 855. The zero-order valence-corrected chi connectivity index (χ0v) is 13.3. The number of carbonyl (C=O) groups is 2. The highest BCUT2D eigenvalue weighted by atomic mass is 16.5. The predicted molar refractivity (Wildman–Crippen MR) is 91.7 cm³/mol. The molecule has 0 bridgehead atoms. The minimum absolute atomic E-state index is 0.271. The monoisotopic (exact) mass is 322 g/mol. The molecule has 0 radical (unpaired) electrons. The molecule has 0 aliphatic carbocycles. The van der Waals surface area contributed by atoms with E-state index in [0.29, 0.717) is 12.2 Å². The fraction of sp³-hybridized carbons (Fsp3) is 0.158. The van der Waals surface area contributed by atoms with Crippen LogP contribution in [0.2, 0.25) is 0 Å². The van der Waals surface area contributed by atoms with E-state index in [9.17, 15) is 9.59 Å². The molecular weight excluding hydrogens is 304 g/mol. The first kappa shape index (κ1) is 15.8. The van der Waals surface area contributed by atoms with Gasteiger partial charge in [0.25, 0.3) is 0 Å². The maximum atomic E-state index is 12.5. The molecule has 1 heterocycles. The number of nitrogens with one attached hydrogen (secondary N) is 2. The summed E-state index contributed by atoms with van der Waals surface area (Å²) in [4.78, 5) is 27.0. The highest BCUT2D eigenvalue weighted by Crippen LogP contribution is 2.25. The first-order valence-electron chi connectivity index (χ1n) is 7.72. The Morgan fingerprint density at radius 2 is 1.79 bits per heavy atom. The molecular formula is C19H18N2O3. The average molecular weight is 322 g/mol. The topological polar surface area (TPSA) is 71.2 Å². The molecule has 0 saturated heterocycles. The van der Waals surface area contributed by atoms with Gasteiger partial charge in [-0.2, -0.15) is 0 Å². The number of H-pyrrole nitrogens is 1. The number of hydrogen-bond donors (Lipinski definition) is 2. The van der Waals surface area contributed by atoms with Crippen LogP contribution in [0.5, 0.6) is 5.75 Å². The molecule has 0 aliphatic heterocycles. The number of aromatic amines is 1. The lowest BCUT2D eigenvalue weighted by Crippen LogP contribution is -2.43. The van der Waals surface area contributed by atoms with E-state index in [0.717, 1.165) is 16.5 Å². The molecule has 24 heavy (non-hydrogen) atoms. The number of fused-ring (bicyclic) bond motifs is 1. The van der Waals surface area contributed by atoms with Gasteiger partial charge in [0.1, 0.15) is 6.04 Å². The van der Waals surface area contributed by atoms with Crippen LogP contribution in [0.3, 0.4) is 0 Å². The lowest BCUT2D eigenvalue weighted by molar-refractivity contribution is -0.138. The van der Waals surface area contributed by atoms with Gasteiger partial charge < -0.3 is 15.0 Å². The van der Waals surface area contributed by atoms with Gasteiger partial charge >= 0.3 is 5.97 Å². The van der Waals surface area contributed by atoms with Crippen LogP contribution in [0, 0.1) is 0 Å². The third kappa shape index (κ3) is 3.63. The van der Waals surface area contributed by atoms with E-state index in [1.165, 1.54) is 6.92 Å². The number of rotatable bonds is 5. The van der Waals surface area contributed by atoms with Crippen LogP contribution in [0.4, 0.5) is 0 Å². The summed E-state index contributed by atoms with van der Waals surface area (Å²) in [6.45, 7) is 1.39. The minimum Gasteiger partial charge on any atom is -0.423 e. The summed E-state index contributed by atoms with van der Waals surface area (Å²) < 4.78 is 5.52. The zero-order chi connectivity index (χ0) is 16.9. The van der Waals surface area contributed by atoms with E-state index in [1.54, 1.807) is 6.20 Å². The van der Waals surface area contributed by atoms with Gasteiger partial charge in [0.05, 0.1) is 0 Å². The molecule has 2 aromatic carbocycles. The summed E-state index contributed by atoms with van der Waals surface area (Å²) in [6.07, 6.45) is 2.03. The van der Waals surface area contributed by atoms with Crippen molar-refractivity contribution in [3.05, 3.63) is 66.4 Å². The number of aromatic nitrogens is 1. The Hall–Kier alpha value is -3.08. The summed E-state index contributed by atoms with van der Waals surface area (Å²) in [5, 5.41) is 3.49. The second-order valence-corrected chi connectivity index (χ2v) is 5.56. The number of benzene rings is 2. The summed E-state index contributed by atoms with van der Waals surface area (Å²) in [5.41, 5.74) is 1.84. The zero-order valence-electron chi connectivity index (χ0n) is 13.3. The van der Waals surface area contributed by atoms with Gasteiger partial charge in [-0.25, -0.2) is 4.79 Å². The number of esters is 1. The van der Waals surface area contributed by atoms with Gasteiger partial charge in [-0.3, -0.25) is 4.79 Å². The molecule has 3 rings (SSSR count). The number of hydrogen-bond acceptors (Lipinski definition) is 3. The van der Waals surface area contributed by atoms with E-state index in [-0.39, 0.29) is 5.91 Å².